The molecule has 0 fully saturated rings. The van der Waals surface area contributed by atoms with Crippen molar-refractivity contribution in [2.75, 3.05) is 12.5 Å². The van der Waals surface area contributed by atoms with Crippen LogP contribution in [0.25, 0.3) is 0 Å². The minimum absolute atomic E-state index is 0.0475. The first kappa shape index (κ1) is 16.5. The molecule has 2 rings (SSSR count). The van der Waals surface area contributed by atoms with Gasteiger partial charge in [0.25, 0.3) is 0 Å². The average molecular weight is 335 g/mol. The summed E-state index contributed by atoms with van der Waals surface area (Å²) in [6.45, 7) is -0.0475. The van der Waals surface area contributed by atoms with Gasteiger partial charge in [-0.1, -0.05) is 6.07 Å². The molecule has 0 saturated carbocycles. The molecular formula is C13H13F4N3OS. The first-order chi connectivity index (χ1) is 10.0. The number of aromatic nitrogens is 2. The molecule has 4 nitrogen and oxygen atoms in total. The summed E-state index contributed by atoms with van der Waals surface area (Å²) in [6.07, 6.45) is 1.14. The van der Waals surface area contributed by atoms with Crippen LogP contribution in [0.3, 0.4) is 0 Å². The molecule has 0 spiro atoms. The number of hydrogen-bond donors (Lipinski definition) is 0. The van der Waals surface area contributed by atoms with Crippen LogP contribution in [0.4, 0.5) is 23.2 Å². The van der Waals surface area contributed by atoms with Gasteiger partial charge in [-0.2, -0.15) is 22.6 Å². The molecule has 0 aliphatic rings. The van der Waals surface area contributed by atoms with E-state index in [1.165, 1.54) is 29.6 Å². The lowest BCUT2D eigenvalue weighted by atomic mass is 10.1. The highest BCUT2D eigenvalue weighted by Gasteiger charge is 2.31. The summed E-state index contributed by atoms with van der Waals surface area (Å²) in [4.78, 5) is 0. The van der Waals surface area contributed by atoms with Crippen molar-refractivity contribution in [2.24, 2.45) is 4.36 Å². The molecule has 0 amide bonds. The van der Waals surface area contributed by atoms with Gasteiger partial charge < -0.3 is 0 Å². The predicted molar refractivity (Wildman–Crippen MR) is 74.8 cm³/mol. The van der Waals surface area contributed by atoms with Crippen LogP contribution >= 0.6 is 0 Å². The zero-order chi connectivity index (χ0) is 16.5. The molecule has 1 heterocycles. The van der Waals surface area contributed by atoms with Crippen molar-refractivity contribution < 1.29 is 21.8 Å². The van der Waals surface area contributed by atoms with E-state index in [0.29, 0.717) is 11.8 Å². The first-order valence-electron chi connectivity index (χ1n) is 6.10. The van der Waals surface area contributed by atoms with E-state index >= 15 is 0 Å². The predicted octanol–water partition coefficient (Wildman–Crippen LogP) is 3.45. The van der Waals surface area contributed by atoms with Gasteiger partial charge in [0.1, 0.15) is 11.5 Å². The third-order valence-corrected chi connectivity index (χ3v) is 3.31. The maximum Gasteiger partial charge on any atom is 0.416 e. The number of alkyl halides is 3. The third-order valence-electron chi connectivity index (χ3n) is 2.66. The fraction of sp³-hybridized carbons (Fsp3) is 0.308. The second kappa shape index (κ2) is 5.71. The fourth-order valence-electron chi connectivity index (χ4n) is 1.77. The molecule has 0 saturated heterocycles. The van der Waals surface area contributed by atoms with E-state index in [4.69, 9.17) is 0 Å². The molecule has 0 atom stereocenters. The Morgan fingerprint density at radius 1 is 1.32 bits per heavy atom. The van der Waals surface area contributed by atoms with Crippen molar-refractivity contribution in [2.45, 2.75) is 12.7 Å². The Bertz CT molecular complexity index is 796. The van der Waals surface area contributed by atoms with Gasteiger partial charge in [-0.25, -0.2) is 8.60 Å². The third kappa shape index (κ3) is 4.30. The van der Waals surface area contributed by atoms with E-state index in [0.717, 1.165) is 12.1 Å². The molecule has 0 bridgehead atoms. The first-order valence-corrected chi connectivity index (χ1v) is 8.43. The van der Waals surface area contributed by atoms with Crippen molar-refractivity contribution in [3.8, 4) is 0 Å². The molecule has 0 aliphatic carbocycles. The van der Waals surface area contributed by atoms with Gasteiger partial charge in [0.15, 0.2) is 0 Å². The number of benzene rings is 1. The topological polar surface area (TPSA) is 47.2 Å². The quantitative estimate of drug-likeness (QED) is 0.807. The fourth-order valence-corrected chi connectivity index (χ4v) is 2.37. The van der Waals surface area contributed by atoms with Crippen molar-refractivity contribution in [3.05, 3.63) is 47.5 Å². The zero-order valence-corrected chi connectivity index (χ0v) is 12.6. The largest absolute Gasteiger partial charge is 0.416 e. The van der Waals surface area contributed by atoms with Crippen molar-refractivity contribution >= 4 is 15.4 Å². The zero-order valence-electron chi connectivity index (χ0n) is 11.8. The summed E-state index contributed by atoms with van der Waals surface area (Å²) in [5.74, 6) is -0.960. The lowest BCUT2D eigenvalue weighted by Crippen LogP contribution is -2.08. The molecule has 0 aliphatic heterocycles. The summed E-state index contributed by atoms with van der Waals surface area (Å²) >= 11 is 0. The van der Waals surface area contributed by atoms with Gasteiger partial charge >= 0.3 is 6.18 Å². The molecular weight excluding hydrogens is 322 g/mol. The molecule has 9 heteroatoms. The maximum atomic E-state index is 13.7. The van der Waals surface area contributed by atoms with E-state index in [9.17, 15) is 21.8 Å². The van der Waals surface area contributed by atoms with Gasteiger partial charge in [0.05, 0.1) is 24.5 Å². The molecule has 1 aromatic heterocycles. The summed E-state index contributed by atoms with van der Waals surface area (Å²) in [5, 5.41) is 3.92. The van der Waals surface area contributed by atoms with Gasteiger partial charge in [0, 0.05) is 27.8 Å². The monoisotopic (exact) mass is 335 g/mol. The second-order valence-electron chi connectivity index (χ2n) is 4.97. The van der Waals surface area contributed by atoms with Crippen LogP contribution < -0.4 is 0 Å². The Morgan fingerprint density at radius 2 is 2.00 bits per heavy atom. The lowest BCUT2D eigenvalue weighted by molar-refractivity contribution is -0.137. The van der Waals surface area contributed by atoms with Crippen LogP contribution in [-0.2, 0) is 22.5 Å². The SMILES string of the molecule is CS(C)(=O)=Nc1cnn(Cc2ccc(C(F)(F)F)cc2F)c1. The number of nitrogens with zero attached hydrogens (tertiary/aromatic N) is 3. The van der Waals surface area contributed by atoms with Crippen molar-refractivity contribution in [3.63, 3.8) is 0 Å². The van der Waals surface area contributed by atoms with Gasteiger partial charge in [-0.3, -0.25) is 4.68 Å². The van der Waals surface area contributed by atoms with Crippen LogP contribution in [0.1, 0.15) is 11.1 Å². The van der Waals surface area contributed by atoms with Gasteiger partial charge in [-0.15, -0.1) is 0 Å². The average Bonchev–Trinajstić information content (AvgIpc) is 2.75. The highest BCUT2D eigenvalue weighted by Crippen LogP contribution is 2.30. The standard InChI is InChI=1S/C13H13F4N3OS/c1-22(2,21)19-11-6-18-20(8-11)7-9-3-4-10(5-12(9)14)13(15,16)17/h3-6,8H,7H2,1-2H3. The van der Waals surface area contributed by atoms with Crippen LogP contribution in [0.15, 0.2) is 35.0 Å². The Balaban J connectivity index is 2.24. The van der Waals surface area contributed by atoms with E-state index in [1.54, 1.807) is 0 Å². The Morgan fingerprint density at radius 3 is 2.55 bits per heavy atom. The van der Waals surface area contributed by atoms with Crippen molar-refractivity contribution in [1.82, 2.24) is 9.78 Å². The van der Waals surface area contributed by atoms with Crippen molar-refractivity contribution in [1.29, 1.82) is 0 Å². The molecule has 0 unspecified atom stereocenters. The smallest absolute Gasteiger partial charge is 0.266 e. The number of halogens is 4. The summed E-state index contributed by atoms with van der Waals surface area (Å²) in [7, 11) is -2.34. The molecule has 2 aromatic rings. The van der Waals surface area contributed by atoms with Gasteiger partial charge in [0.2, 0.25) is 0 Å². The maximum absolute atomic E-state index is 13.7. The molecule has 0 radical (unpaired) electrons. The van der Waals surface area contributed by atoms with E-state index in [-0.39, 0.29) is 12.1 Å². The Kier molecular flexibility index (Phi) is 4.28. The summed E-state index contributed by atoms with van der Waals surface area (Å²) in [6, 6.07) is 2.34. The van der Waals surface area contributed by atoms with Crippen LogP contribution in [0, 0.1) is 5.82 Å². The molecule has 0 N–H and O–H groups in total. The highest BCUT2D eigenvalue weighted by molar-refractivity contribution is 7.92. The second-order valence-corrected chi connectivity index (χ2v) is 7.52. The summed E-state index contributed by atoms with van der Waals surface area (Å²) < 4.78 is 67.9. The van der Waals surface area contributed by atoms with Crippen LogP contribution in [-0.4, -0.2) is 26.5 Å². The van der Waals surface area contributed by atoms with Gasteiger partial charge in [-0.05, 0) is 12.1 Å². The molecule has 120 valence electrons. The Hall–Kier alpha value is -1.90. The molecule has 1 aromatic carbocycles. The lowest BCUT2D eigenvalue weighted by Gasteiger charge is -2.09. The minimum Gasteiger partial charge on any atom is -0.266 e. The van der Waals surface area contributed by atoms with E-state index in [2.05, 4.69) is 9.46 Å². The minimum atomic E-state index is -4.58. The number of hydrogen-bond acceptors (Lipinski definition) is 3. The number of rotatable bonds is 3. The van der Waals surface area contributed by atoms with Crippen LogP contribution in [0.5, 0.6) is 0 Å². The van der Waals surface area contributed by atoms with E-state index < -0.39 is 27.3 Å². The van der Waals surface area contributed by atoms with Crippen LogP contribution in [0.2, 0.25) is 0 Å². The molecule has 22 heavy (non-hydrogen) atoms. The highest BCUT2D eigenvalue weighted by atomic mass is 32.2. The Labute approximate surface area is 124 Å². The normalized spacial score (nSPS) is 12.5. The van der Waals surface area contributed by atoms with E-state index in [1.807, 2.05) is 0 Å². The summed E-state index contributed by atoms with van der Waals surface area (Å²) in [5.41, 5.74) is -0.611.